The summed E-state index contributed by atoms with van der Waals surface area (Å²) in [6.45, 7) is 4.07. The lowest BCUT2D eigenvalue weighted by Crippen LogP contribution is -2.11. The predicted octanol–water partition coefficient (Wildman–Crippen LogP) is 4.98. The van der Waals surface area contributed by atoms with Gasteiger partial charge in [0.15, 0.2) is 5.75 Å². The van der Waals surface area contributed by atoms with Crippen molar-refractivity contribution < 1.29 is 14.9 Å². The van der Waals surface area contributed by atoms with Crippen LogP contribution in [0.1, 0.15) is 66.1 Å². The maximum Gasteiger partial charge on any atom is 0.187 e. The van der Waals surface area contributed by atoms with Crippen molar-refractivity contribution in [3.8, 4) is 11.5 Å². The van der Waals surface area contributed by atoms with E-state index in [2.05, 4.69) is 0 Å². The lowest BCUT2D eigenvalue weighted by atomic mass is 9.86. The molecule has 1 fully saturated rings. The molecule has 1 saturated carbocycles. The molecule has 2 aromatic rings. The van der Waals surface area contributed by atoms with Gasteiger partial charge in [0.1, 0.15) is 5.75 Å². The minimum atomic E-state index is 0.318. The van der Waals surface area contributed by atoms with E-state index in [1.165, 1.54) is 31.9 Å². The van der Waals surface area contributed by atoms with Crippen LogP contribution in [0, 0.1) is 13.8 Å². The number of phenolic OH excluding ortho intramolecular Hbond substituents is 1. The van der Waals surface area contributed by atoms with Gasteiger partial charge in [0.2, 0.25) is 0 Å². The number of pyridine rings is 1. The number of aryl methyl sites for hydroxylation is 2. The average Bonchev–Trinajstić information content (AvgIpc) is 2.60. The lowest BCUT2D eigenvalue weighted by molar-refractivity contribution is -0.179. The molecular formula is C21H27NO3. The highest BCUT2D eigenvalue weighted by Gasteiger charge is 2.22. The van der Waals surface area contributed by atoms with Crippen LogP contribution in [0.4, 0.5) is 0 Å². The van der Waals surface area contributed by atoms with Gasteiger partial charge in [-0.2, -0.15) is 4.89 Å². The van der Waals surface area contributed by atoms with Gasteiger partial charge in [-0.25, -0.2) is 0 Å². The fraction of sp³-hybridized carbons (Fsp3) is 0.476. The van der Waals surface area contributed by atoms with Gasteiger partial charge in [-0.1, -0.05) is 19.3 Å². The molecule has 1 aromatic carbocycles. The van der Waals surface area contributed by atoms with Crippen LogP contribution >= 0.6 is 0 Å². The summed E-state index contributed by atoms with van der Waals surface area (Å²) in [6, 6.07) is 7.60. The van der Waals surface area contributed by atoms with Crippen molar-refractivity contribution in [1.82, 2.24) is 4.98 Å². The van der Waals surface area contributed by atoms with E-state index in [1.807, 2.05) is 38.1 Å². The monoisotopic (exact) mass is 341 g/mol. The van der Waals surface area contributed by atoms with Crippen LogP contribution in [-0.2, 0) is 11.3 Å². The van der Waals surface area contributed by atoms with Gasteiger partial charge in [-0.15, -0.1) is 0 Å². The SMILES string of the molecule is COOc1ccc(Cc2c(C)cc(O)cc2C)nc1C1CCCCC1. The highest BCUT2D eigenvalue weighted by atomic mass is 17.2. The molecule has 0 atom stereocenters. The Morgan fingerprint density at radius 3 is 2.40 bits per heavy atom. The molecule has 3 rings (SSSR count). The molecule has 0 radical (unpaired) electrons. The number of hydrogen-bond donors (Lipinski definition) is 1. The van der Waals surface area contributed by atoms with E-state index in [1.54, 1.807) is 0 Å². The molecule has 1 aromatic heterocycles. The molecule has 134 valence electrons. The largest absolute Gasteiger partial charge is 0.508 e. The summed E-state index contributed by atoms with van der Waals surface area (Å²) < 4.78 is 0. The van der Waals surface area contributed by atoms with E-state index in [0.717, 1.165) is 47.5 Å². The smallest absolute Gasteiger partial charge is 0.187 e. The maximum absolute atomic E-state index is 9.75. The molecule has 4 heteroatoms. The highest BCUT2D eigenvalue weighted by molar-refractivity contribution is 5.43. The molecule has 4 nitrogen and oxygen atoms in total. The Balaban J connectivity index is 1.92. The number of phenols is 1. The number of rotatable bonds is 5. The van der Waals surface area contributed by atoms with Crippen LogP contribution in [0.5, 0.6) is 11.5 Å². The van der Waals surface area contributed by atoms with Crippen LogP contribution in [-0.4, -0.2) is 17.2 Å². The summed E-state index contributed by atoms with van der Waals surface area (Å²) in [7, 11) is 1.53. The second-order valence-corrected chi connectivity index (χ2v) is 7.01. The number of aromatic nitrogens is 1. The van der Waals surface area contributed by atoms with Crippen molar-refractivity contribution in [2.45, 2.75) is 58.3 Å². The molecule has 0 bridgehead atoms. The first-order valence-electron chi connectivity index (χ1n) is 9.08. The molecule has 0 saturated heterocycles. The third-order valence-electron chi connectivity index (χ3n) is 5.15. The van der Waals surface area contributed by atoms with Gasteiger partial charge in [0.05, 0.1) is 12.8 Å². The Kier molecular flexibility index (Phi) is 5.59. The normalized spacial score (nSPS) is 15.3. The topological polar surface area (TPSA) is 51.6 Å². The third-order valence-corrected chi connectivity index (χ3v) is 5.15. The summed E-state index contributed by atoms with van der Waals surface area (Å²) >= 11 is 0. The molecule has 0 amide bonds. The van der Waals surface area contributed by atoms with Gasteiger partial charge >= 0.3 is 0 Å². The van der Waals surface area contributed by atoms with Crippen LogP contribution < -0.4 is 4.89 Å². The summed E-state index contributed by atoms with van der Waals surface area (Å²) in [4.78, 5) is 15.2. The first-order chi connectivity index (χ1) is 12.1. The Bertz CT molecular complexity index is 713. The van der Waals surface area contributed by atoms with Crippen LogP contribution in [0.25, 0.3) is 0 Å². The molecule has 0 spiro atoms. The van der Waals surface area contributed by atoms with Crippen molar-refractivity contribution in [3.05, 3.63) is 52.3 Å². The zero-order valence-electron chi connectivity index (χ0n) is 15.3. The van der Waals surface area contributed by atoms with E-state index in [4.69, 9.17) is 14.8 Å². The van der Waals surface area contributed by atoms with Crippen LogP contribution in [0.3, 0.4) is 0 Å². The number of benzene rings is 1. The second kappa shape index (κ2) is 7.87. The Morgan fingerprint density at radius 1 is 1.08 bits per heavy atom. The van der Waals surface area contributed by atoms with Crippen LogP contribution in [0.2, 0.25) is 0 Å². The van der Waals surface area contributed by atoms with Gasteiger partial charge in [-0.05, 0) is 67.6 Å². The highest BCUT2D eigenvalue weighted by Crippen LogP contribution is 2.37. The summed E-state index contributed by atoms with van der Waals surface area (Å²) in [5.74, 6) is 1.50. The van der Waals surface area contributed by atoms with Gasteiger partial charge in [0.25, 0.3) is 0 Å². The first-order valence-corrected chi connectivity index (χ1v) is 9.08. The van der Waals surface area contributed by atoms with E-state index < -0.39 is 0 Å². The molecule has 25 heavy (non-hydrogen) atoms. The Hall–Kier alpha value is -2.07. The van der Waals surface area contributed by atoms with Crippen molar-refractivity contribution in [1.29, 1.82) is 0 Å². The minimum Gasteiger partial charge on any atom is -0.508 e. The van der Waals surface area contributed by atoms with Crippen molar-refractivity contribution in [3.63, 3.8) is 0 Å². The summed E-state index contributed by atoms with van der Waals surface area (Å²) in [5.41, 5.74) is 5.46. The van der Waals surface area contributed by atoms with Crippen molar-refractivity contribution in [2.24, 2.45) is 0 Å². The van der Waals surface area contributed by atoms with Gasteiger partial charge < -0.3 is 9.99 Å². The molecule has 1 heterocycles. The van der Waals surface area contributed by atoms with Gasteiger partial charge in [0, 0.05) is 18.0 Å². The van der Waals surface area contributed by atoms with Crippen molar-refractivity contribution >= 4 is 0 Å². The fourth-order valence-electron chi connectivity index (χ4n) is 3.86. The van der Waals surface area contributed by atoms with Crippen LogP contribution in [0.15, 0.2) is 24.3 Å². The number of aromatic hydroxyl groups is 1. The molecule has 1 aliphatic rings. The molecule has 0 unspecified atom stereocenters. The Labute approximate surface area is 149 Å². The van der Waals surface area contributed by atoms with Crippen molar-refractivity contribution in [2.75, 3.05) is 7.11 Å². The predicted molar refractivity (Wildman–Crippen MR) is 98.1 cm³/mol. The quantitative estimate of drug-likeness (QED) is 0.615. The van der Waals surface area contributed by atoms with E-state index in [-0.39, 0.29) is 0 Å². The lowest BCUT2D eigenvalue weighted by Gasteiger charge is -2.23. The summed E-state index contributed by atoms with van der Waals surface area (Å²) in [5, 5.41) is 9.75. The molecule has 1 N–H and O–H groups in total. The van der Waals surface area contributed by atoms with E-state index in [0.29, 0.717) is 11.7 Å². The molecule has 0 aliphatic heterocycles. The third kappa shape index (κ3) is 4.13. The standard InChI is InChI=1S/C21H27NO3/c1-14-11-18(23)12-15(2)19(14)13-17-9-10-20(25-24-3)21(22-17)16-7-5-4-6-8-16/h9-12,16,23H,4-8,13H2,1-3H3. The first kappa shape index (κ1) is 17.7. The van der Waals surface area contributed by atoms with E-state index >= 15 is 0 Å². The van der Waals surface area contributed by atoms with E-state index in [9.17, 15) is 5.11 Å². The zero-order chi connectivity index (χ0) is 17.8. The number of hydrogen-bond acceptors (Lipinski definition) is 4. The fourth-order valence-corrected chi connectivity index (χ4v) is 3.86. The molecular weight excluding hydrogens is 314 g/mol. The zero-order valence-corrected chi connectivity index (χ0v) is 15.3. The Morgan fingerprint density at radius 2 is 1.76 bits per heavy atom. The molecule has 1 aliphatic carbocycles. The minimum absolute atomic E-state index is 0.318. The average molecular weight is 341 g/mol. The second-order valence-electron chi connectivity index (χ2n) is 7.01. The number of nitrogens with zero attached hydrogens (tertiary/aromatic N) is 1. The van der Waals surface area contributed by atoms with Gasteiger partial charge in [-0.3, -0.25) is 4.98 Å². The summed E-state index contributed by atoms with van der Waals surface area (Å²) in [6.07, 6.45) is 6.88. The maximum atomic E-state index is 9.75.